The summed E-state index contributed by atoms with van der Waals surface area (Å²) in [5.41, 5.74) is 4.47. The van der Waals surface area contributed by atoms with Crippen molar-refractivity contribution in [2.24, 2.45) is 0 Å². The van der Waals surface area contributed by atoms with Crippen molar-refractivity contribution < 1.29 is 13.6 Å². The van der Waals surface area contributed by atoms with Gasteiger partial charge in [0.15, 0.2) is 0 Å². The van der Waals surface area contributed by atoms with Gasteiger partial charge in [-0.1, -0.05) is 48.5 Å². The third kappa shape index (κ3) is 4.30. The Balaban J connectivity index is 2.31. The monoisotopic (exact) mass is 318 g/mol. The Morgan fingerprint density at radius 3 is 2.18 bits per heavy atom. The van der Waals surface area contributed by atoms with Crippen molar-refractivity contribution >= 4 is 7.60 Å². The first-order chi connectivity index (χ1) is 10.6. The normalized spacial score (nSPS) is 11.6. The molecule has 0 aliphatic heterocycles. The lowest BCUT2D eigenvalue weighted by Crippen LogP contribution is -1.99. The zero-order valence-electron chi connectivity index (χ0n) is 13.4. The topological polar surface area (TPSA) is 35.5 Å². The molecule has 0 unspecified atom stereocenters. The van der Waals surface area contributed by atoms with Gasteiger partial charge in [0.2, 0.25) is 0 Å². The molecule has 0 spiro atoms. The van der Waals surface area contributed by atoms with E-state index in [0.29, 0.717) is 19.4 Å². The van der Waals surface area contributed by atoms with Crippen molar-refractivity contribution in [1.29, 1.82) is 0 Å². The van der Waals surface area contributed by atoms with Crippen LogP contribution in [0.4, 0.5) is 0 Å². The van der Waals surface area contributed by atoms with Crippen LogP contribution >= 0.6 is 7.60 Å². The van der Waals surface area contributed by atoms with Crippen LogP contribution in [-0.4, -0.2) is 13.2 Å². The van der Waals surface area contributed by atoms with E-state index in [0.717, 1.165) is 16.7 Å². The summed E-state index contributed by atoms with van der Waals surface area (Å²) in [5.74, 6) is 0. The fourth-order valence-corrected chi connectivity index (χ4v) is 4.13. The van der Waals surface area contributed by atoms with Gasteiger partial charge in [0.05, 0.1) is 19.4 Å². The van der Waals surface area contributed by atoms with E-state index < -0.39 is 7.60 Å². The number of aryl methyl sites for hydroxylation is 1. The summed E-state index contributed by atoms with van der Waals surface area (Å²) in [6.07, 6.45) is 0.300. The molecule has 0 radical (unpaired) electrons. The lowest BCUT2D eigenvalue weighted by molar-refractivity contribution is 0.219. The van der Waals surface area contributed by atoms with Gasteiger partial charge in [-0.2, -0.15) is 0 Å². The van der Waals surface area contributed by atoms with Crippen LogP contribution in [0.5, 0.6) is 0 Å². The SMILES string of the molecule is CCOP(=O)(Cc1ccc(C)c(-c2ccccc2)c1)OCC. The smallest absolute Gasteiger partial charge is 0.309 e. The minimum Gasteiger partial charge on any atom is -0.309 e. The van der Waals surface area contributed by atoms with E-state index in [1.165, 1.54) is 5.56 Å². The number of rotatable bonds is 7. The summed E-state index contributed by atoms with van der Waals surface area (Å²) in [6.45, 7) is 6.51. The predicted molar refractivity (Wildman–Crippen MR) is 91.2 cm³/mol. The molecule has 2 aromatic rings. The van der Waals surface area contributed by atoms with Crippen LogP contribution in [0.2, 0.25) is 0 Å². The van der Waals surface area contributed by atoms with Gasteiger partial charge in [-0.3, -0.25) is 4.57 Å². The number of hydrogen-bond donors (Lipinski definition) is 0. The first-order valence-corrected chi connectivity index (χ1v) is 9.34. The molecule has 0 heterocycles. The Labute approximate surface area is 132 Å². The molecule has 0 amide bonds. The molecule has 0 saturated heterocycles. The maximum atomic E-state index is 12.7. The van der Waals surface area contributed by atoms with Crippen molar-refractivity contribution in [3.05, 3.63) is 59.7 Å². The van der Waals surface area contributed by atoms with E-state index in [1.54, 1.807) is 0 Å². The van der Waals surface area contributed by atoms with Crippen molar-refractivity contribution in [2.75, 3.05) is 13.2 Å². The van der Waals surface area contributed by atoms with Gasteiger partial charge < -0.3 is 9.05 Å². The highest BCUT2D eigenvalue weighted by Gasteiger charge is 2.24. The Morgan fingerprint density at radius 2 is 1.59 bits per heavy atom. The Kier molecular flexibility index (Phi) is 5.96. The van der Waals surface area contributed by atoms with Crippen molar-refractivity contribution in [3.8, 4) is 11.1 Å². The van der Waals surface area contributed by atoms with Crippen molar-refractivity contribution in [2.45, 2.75) is 26.9 Å². The molecule has 0 bridgehead atoms. The maximum absolute atomic E-state index is 12.7. The van der Waals surface area contributed by atoms with Crippen LogP contribution in [0.15, 0.2) is 48.5 Å². The van der Waals surface area contributed by atoms with Gasteiger partial charge in [0, 0.05) is 0 Å². The molecule has 22 heavy (non-hydrogen) atoms. The highest BCUT2D eigenvalue weighted by molar-refractivity contribution is 7.53. The molecule has 2 aromatic carbocycles. The predicted octanol–water partition coefficient (Wildman–Crippen LogP) is 5.43. The average Bonchev–Trinajstić information content (AvgIpc) is 2.50. The average molecular weight is 318 g/mol. The van der Waals surface area contributed by atoms with E-state index in [9.17, 15) is 4.57 Å². The van der Waals surface area contributed by atoms with E-state index in [-0.39, 0.29) is 0 Å². The Bertz CT molecular complexity index is 643. The second kappa shape index (κ2) is 7.73. The molecular weight excluding hydrogens is 295 g/mol. The lowest BCUT2D eigenvalue weighted by atomic mass is 9.99. The molecular formula is C18H23O3P. The minimum atomic E-state index is -3.07. The van der Waals surface area contributed by atoms with Crippen LogP contribution in [-0.2, 0) is 19.8 Å². The van der Waals surface area contributed by atoms with Crippen molar-refractivity contribution in [3.63, 3.8) is 0 Å². The van der Waals surface area contributed by atoms with Crippen LogP contribution in [0, 0.1) is 6.92 Å². The molecule has 118 valence electrons. The van der Waals surface area contributed by atoms with Crippen LogP contribution in [0.1, 0.15) is 25.0 Å². The summed E-state index contributed by atoms with van der Waals surface area (Å²) in [6, 6.07) is 16.3. The summed E-state index contributed by atoms with van der Waals surface area (Å²) in [7, 11) is -3.07. The third-order valence-corrected chi connectivity index (χ3v) is 5.47. The highest BCUT2D eigenvalue weighted by Crippen LogP contribution is 2.51. The van der Waals surface area contributed by atoms with Gasteiger partial charge in [-0.05, 0) is 43.0 Å². The largest absolute Gasteiger partial charge is 0.335 e. The Hall–Kier alpha value is -1.41. The third-order valence-electron chi connectivity index (χ3n) is 3.41. The molecule has 0 aliphatic rings. The Morgan fingerprint density at radius 1 is 0.955 bits per heavy atom. The number of benzene rings is 2. The van der Waals surface area contributed by atoms with Crippen molar-refractivity contribution in [1.82, 2.24) is 0 Å². The molecule has 0 aromatic heterocycles. The molecule has 0 N–H and O–H groups in total. The summed E-state index contributed by atoms with van der Waals surface area (Å²) in [5, 5.41) is 0. The standard InChI is InChI=1S/C18H23O3P/c1-4-20-22(19,21-5-2)14-16-12-11-15(3)18(13-16)17-9-7-6-8-10-17/h6-13H,4-5,14H2,1-3H3. The summed E-state index contributed by atoms with van der Waals surface area (Å²) >= 11 is 0. The minimum absolute atomic E-state index is 0.300. The van der Waals surface area contributed by atoms with Crippen LogP contribution < -0.4 is 0 Å². The van der Waals surface area contributed by atoms with Crippen LogP contribution in [0.3, 0.4) is 0 Å². The molecule has 4 heteroatoms. The molecule has 3 nitrogen and oxygen atoms in total. The highest BCUT2D eigenvalue weighted by atomic mass is 31.2. The van der Waals surface area contributed by atoms with E-state index in [1.807, 2.05) is 38.1 Å². The zero-order chi connectivity index (χ0) is 16.0. The van der Waals surface area contributed by atoms with Crippen LogP contribution in [0.25, 0.3) is 11.1 Å². The first-order valence-electron chi connectivity index (χ1n) is 7.61. The fraction of sp³-hybridized carbons (Fsp3) is 0.333. The van der Waals surface area contributed by atoms with Gasteiger partial charge in [0.25, 0.3) is 0 Å². The molecule has 0 atom stereocenters. The van der Waals surface area contributed by atoms with E-state index in [4.69, 9.17) is 9.05 Å². The molecule has 0 aliphatic carbocycles. The molecule has 0 saturated carbocycles. The van der Waals surface area contributed by atoms with Gasteiger partial charge in [-0.25, -0.2) is 0 Å². The second-order valence-electron chi connectivity index (χ2n) is 5.12. The van der Waals surface area contributed by atoms with E-state index >= 15 is 0 Å². The van der Waals surface area contributed by atoms with Gasteiger partial charge in [-0.15, -0.1) is 0 Å². The zero-order valence-corrected chi connectivity index (χ0v) is 14.3. The van der Waals surface area contributed by atoms with E-state index in [2.05, 4.69) is 31.2 Å². The molecule has 2 rings (SSSR count). The lowest BCUT2D eigenvalue weighted by Gasteiger charge is -2.18. The maximum Gasteiger partial charge on any atom is 0.335 e. The second-order valence-corrected chi connectivity index (χ2v) is 7.17. The van der Waals surface area contributed by atoms with Gasteiger partial charge in [0.1, 0.15) is 0 Å². The summed E-state index contributed by atoms with van der Waals surface area (Å²) in [4.78, 5) is 0. The summed E-state index contributed by atoms with van der Waals surface area (Å²) < 4.78 is 23.4. The van der Waals surface area contributed by atoms with Gasteiger partial charge >= 0.3 is 7.60 Å². The fourth-order valence-electron chi connectivity index (χ4n) is 2.44. The quantitative estimate of drug-likeness (QED) is 0.639. The first kappa shape index (κ1) is 17.0. The molecule has 0 fully saturated rings. The number of hydrogen-bond acceptors (Lipinski definition) is 3.